The van der Waals surface area contributed by atoms with Crippen molar-refractivity contribution >= 4 is 0 Å². The first-order valence-electron chi connectivity index (χ1n) is 6.17. The summed E-state index contributed by atoms with van der Waals surface area (Å²) < 4.78 is 5.01. The van der Waals surface area contributed by atoms with Crippen LogP contribution in [0.4, 0.5) is 0 Å². The van der Waals surface area contributed by atoms with Gasteiger partial charge in [-0.05, 0) is 38.8 Å². The predicted molar refractivity (Wildman–Crippen MR) is 64.2 cm³/mol. The van der Waals surface area contributed by atoms with E-state index in [1.54, 1.807) is 7.11 Å². The smallest absolute Gasteiger partial charge is 0.0474 e. The number of likely N-dealkylation sites (tertiary alicyclic amines) is 1. The van der Waals surface area contributed by atoms with Crippen LogP contribution >= 0.6 is 0 Å². The average Bonchev–Trinajstić information content (AvgIpc) is 2.64. The van der Waals surface area contributed by atoms with Gasteiger partial charge in [-0.1, -0.05) is 6.92 Å². The van der Waals surface area contributed by atoms with Crippen LogP contribution in [-0.2, 0) is 4.74 Å². The highest BCUT2D eigenvalue weighted by Gasteiger charge is 2.22. The van der Waals surface area contributed by atoms with Crippen molar-refractivity contribution in [3.63, 3.8) is 0 Å². The third-order valence-corrected chi connectivity index (χ3v) is 3.22. The lowest BCUT2D eigenvalue weighted by Crippen LogP contribution is -2.39. The molecule has 2 unspecified atom stereocenters. The minimum absolute atomic E-state index is 0.678. The Morgan fingerprint density at radius 2 is 2.33 bits per heavy atom. The summed E-state index contributed by atoms with van der Waals surface area (Å²) >= 11 is 0. The topological polar surface area (TPSA) is 24.5 Å². The fraction of sp³-hybridized carbons (Fsp3) is 1.00. The standard InChI is InChI=1S/C12H26N2O/c1-11-5-7-14(10-11)12(2)9-13-6-4-8-15-3/h11-13H,4-10H2,1-3H3. The zero-order valence-corrected chi connectivity index (χ0v) is 10.5. The van der Waals surface area contributed by atoms with Gasteiger partial charge in [-0.15, -0.1) is 0 Å². The normalized spacial score (nSPS) is 24.6. The molecule has 1 aliphatic rings. The minimum Gasteiger partial charge on any atom is -0.385 e. The molecule has 1 N–H and O–H groups in total. The van der Waals surface area contributed by atoms with E-state index in [4.69, 9.17) is 4.74 Å². The Morgan fingerprint density at radius 1 is 1.53 bits per heavy atom. The van der Waals surface area contributed by atoms with Crippen LogP contribution in [-0.4, -0.2) is 50.8 Å². The molecule has 90 valence electrons. The second-order valence-electron chi connectivity index (χ2n) is 4.79. The zero-order valence-electron chi connectivity index (χ0n) is 10.5. The Bertz CT molecular complexity index is 164. The van der Waals surface area contributed by atoms with Crippen LogP contribution in [0, 0.1) is 5.92 Å². The monoisotopic (exact) mass is 214 g/mol. The van der Waals surface area contributed by atoms with Gasteiger partial charge in [0.05, 0.1) is 0 Å². The first kappa shape index (κ1) is 12.9. The van der Waals surface area contributed by atoms with Crippen molar-refractivity contribution in [2.75, 3.05) is 39.9 Å². The highest BCUT2D eigenvalue weighted by molar-refractivity contribution is 4.78. The van der Waals surface area contributed by atoms with Gasteiger partial charge in [-0.25, -0.2) is 0 Å². The molecule has 0 aromatic carbocycles. The van der Waals surface area contributed by atoms with Crippen molar-refractivity contribution in [1.29, 1.82) is 0 Å². The molecule has 0 saturated carbocycles. The number of nitrogens with one attached hydrogen (secondary N) is 1. The van der Waals surface area contributed by atoms with Crippen molar-refractivity contribution in [1.82, 2.24) is 10.2 Å². The summed E-state index contributed by atoms with van der Waals surface area (Å²) in [6.45, 7) is 10.3. The van der Waals surface area contributed by atoms with Gasteiger partial charge in [-0.3, -0.25) is 4.90 Å². The Balaban J connectivity index is 2.00. The summed E-state index contributed by atoms with van der Waals surface area (Å²) in [6, 6.07) is 0.678. The van der Waals surface area contributed by atoms with Gasteiger partial charge in [0, 0.05) is 32.8 Å². The lowest BCUT2D eigenvalue weighted by atomic mass is 10.2. The molecule has 3 heteroatoms. The number of ether oxygens (including phenoxy) is 1. The average molecular weight is 214 g/mol. The summed E-state index contributed by atoms with van der Waals surface area (Å²) in [7, 11) is 1.76. The second-order valence-corrected chi connectivity index (χ2v) is 4.79. The molecule has 1 heterocycles. The molecule has 0 bridgehead atoms. The van der Waals surface area contributed by atoms with Gasteiger partial charge in [0.15, 0.2) is 0 Å². The second kappa shape index (κ2) is 7.20. The molecule has 0 aromatic rings. The third kappa shape index (κ3) is 4.96. The molecule has 15 heavy (non-hydrogen) atoms. The Morgan fingerprint density at radius 3 is 2.93 bits per heavy atom. The van der Waals surface area contributed by atoms with Crippen LogP contribution < -0.4 is 5.32 Å². The zero-order chi connectivity index (χ0) is 11.1. The largest absolute Gasteiger partial charge is 0.385 e. The number of nitrogens with zero attached hydrogens (tertiary/aromatic N) is 1. The number of hydrogen-bond acceptors (Lipinski definition) is 3. The van der Waals surface area contributed by atoms with Crippen molar-refractivity contribution in [3.8, 4) is 0 Å². The summed E-state index contributed by atoms with van der Waals surface area (Å²) in [5, 5.41) is 3.49. The molecule has 0 spiro atoms. The van der Waals surface area contributed by atoms with Gasteiger partial charge < -0.3 is 10.1 Å². The van der Waals surface area contributed by atoms with Gasteiger partial charge in [-0.2, -0.15) is 0 Å². The fourth-order valence-corrected chi connectivity index (χ4v) is 2.15. The van der Waals surface area contributed by atoms with Crippen molar-refractivity contribution in [3.05, 3.63) is 0 Å². The van der Waals surface area contributed by atoms with E-state index in [1.165, 1.54) is 19.5 Å². The first-order chi connectivity index (χ1) is 7.24. The third-order valence-electron chi connectivity index (χ3n) is 3.22. The maximum atomic E-state index is 5.01. The molecule has 1 fully saturated rings. The van der Waals surface area contributed by atoms with Gasteiger partial charge >= 0.3 is 0 Å². The van der Waals surface area contributed by atoms with E-state index < -0.39 is 0 Å². The Labute approximate surface area is 94.2 Å². The molecule has 0 aromatic heterocycles. The summed E-state index contributed by atoms with van der Waals surface area (Å²) in [6.07, 6.45) is 2.48. The summed E-state index contributed by atoms with van der Waals surface area (Å²) in [5.74, 6) is 0.890. The van der Waals surface area contributed by atoms with Crippen LogP contribution in [0.5, 0.6) is 0 Å². The SMILES string of the molecule is COCCCNCC(C)N1CCC(C)C1. The van der Waals surface area contributed by atoms with E-state index in [9.17, 15) is 0 Å². The predicted octanol–water partition coefficient (Wildman–Crippen LogP) is 1.34. The maximum absolute atomic E-state index is 5.01. The first-order valence-corrected chi connectivity index (χ1v) is 6.17. The molecule has 1 saturated heterocycles. The van der Waals surface area contributed by atoms with E-state index in [1.807, 2.05) is 0 Å². The molecular formula is C12H26N2O. The van der Waals surface area contributed by atoms with Crippen LogP contribution in [0.25, 0.3) is 0 Å². The highest BCUT2D eigenvalue weighted by Crippen LogP contribution is 2.16. The van der Waals surface area contributed by atoms with Crippen molar-refractivity contribution in [2.45, 2.75) is 32.7 Å². The molecular weight excluding hydrogens is 188 g/mol. The van der Waals surface area contributed by atoms with Crippen molar-refractivity contribution < 1.29 is 4.74 Å². The minimum atomic E-state index is 0.678. The fourth-order valence-electron chi connectivity index (χ4n) is 2.15. The Kier molecular flexibility index (Phi) is 6.22. The Hall–Kier alpha value is -0.120. The van der Waals surface area contributed by atoms with E-state index >= 15 is 0 Å². The molecule has 0 amide bonds. The lowest BCUT2D eigenvalue weighted by Gasteiger charge is -2.24. The van der Waals surface area contributed by atoms with Crippen LogP contribution in [0.3, 0.4) is 0 Å². The highest BCUT2D eigenvalue weighted by atomic mass is 16.5. The van der Waals surface area contributed by atoms with Gasteiger partial charge in [0.1, 0.15) is 0 Å². The van der Waals surface area contributed by atoms with Crippen LogP contribution in [0.1, 0.15) is 26.7 Å². The summed E-state index contributed by atoms with van der Waals surface area (Å²) in [4.78, 5) is 2.59. The molecule has 2 atom stereocenters. The van der Waals surface area contributed by atoms with E-state index in [0.717, 1.165) is 32.0 Å². The van der Waals surface area contributed by atoms with Gasteiger partial charge in [0.2, 0.25) is 0 Å². The van der Waals surface area contributed by atoms with Crippen LogP contribution in [0.2, 0.25) is 0 Å². The van der Waals surface area contributed by atoms with E-state index in [0.29, 0.717) is 6.04 Å². The molecule has 1 rings (SSSR count). The summed E-state index contributed by atoms with van der Waals surface area (Å²) in [5.41, 5.74) is 0. The van der Waals surface area contributed by atoms with Crippen LogP contribution in [0.15, 0.2) is 0 Å². The molecule has 1 aliphatic heterocycles. The number of rotatable bonds is 7. The lowest BCUT2D eigenvalue weighted by molar-refractivity contribution is 0.191. The van der Waals surface area contributed by atoms with E-state index in [-0.39, 0.29) is 0 Å². The molecule has 3 nitrogen and oxygen atoms in total. The number of methoxy groups -OCH3 is 1. The van der Waals surface area contributed by atoms with E-state index in [2.05, 4.69) is 24.1 Å². The maximum Gasteiger partial charge on any atom is 0.0474 e. The van der Waals surface area contributed by atoms with Gasteiger partial charge in [0.25, 0.3) is 0 Å². The number of hydrogen-bond donors (Lipinski definition) is 1. The molecule has 0 aliphatic carbocycles. The molecule has 0 radical (unpaired) electrons. The quantitative estimate of drug-likeness (QED) is 0.647. The van der Waals surface area contributed by atoms with Crippen molar-refractivity contribution in [2.24, 2.45) is 5.92 Å².